The number of Topliss-reactive ketones (excluding diaryl/α,β-unsaturated/α-hetero) is 1. The van der Waals surface area contributed by atoms with Crippen LogP contribution >= 0.6 is 22.9 Å². The molecule has 1 aromatic carbocycles. The number of carbonyl (C=O) groups is 1. The molecule has 0 bridgehead atoms. The van der Waals surface area contributed by atoms with Crippen molar-refractivity contribution in [3.8, 4) is 0 Å². The Morgan fingerprint density at radius 1 is 1.43 bits per heavy atom. The molecule has 0 aliphatic carbocycles. The summed E-state index contributed by atoms with van der Waals surface area (Å²) in [5, 5.41) is 1.82. The van der Waals surface area contributed by atoms with Gasteiger partial charge in [0.05, 0.1) is 4.90 Å². The molecule has 6 nitrogen and oxygen atoms in total. The Balaban J connectivity index is 2.40. The van der Waals surface area contributed by atoms with Crippen molar-refractivity contribution in [2.75, 3.05) is 10.5 Å². The molecule has 0 saturated heterocycles. The van der Waals surface area contributed by atoms with Gasteiger partial charge < -0.3 is 5.73 Å². The molecule has 1 aromatic heterocycles. The minimum absolute atomic E-state index is 0.0212. The number of nitrogen functional groups attached to an aromatic ring is 1. The van der Waals surface area contributed by atoms with Gasteiger partial charge in [-0.1, -0.05) is 11.6 Å². The Bertz CT molecular complexity index is 815. The summed E-state index contributed by atoms with van der Waals surface area (Å²) in [5.74, 6) is -0.236. The van der Waals surface area contributed by atoms with E-state index in [4.69, 9.17) is 17.3 Å². The van der Waals surface area contributed by atoms with Crippen molar-refractivity contribution in [3.05, 3.63) is 33.8 Å². The number of sulfonamides is 1. The van der Waals surface area contributed by atoms with Crippen molar-refractivity contribution in [2.45, 2.75) is 18.7 Å². The minimum Gasteiger partial charge on any atom is -0.398 e. The summed E-state index contributed by atoms with van der Waals surface area (Å²) in [6.45, 7) is 2.94. The van der Waals surface area contributed by atoms with Gasteiger partial charge in [0.1, 0.15) is 5.69 Å². The first-order valence-electron chi connectivity index (χ1n) is 5.75. The number of hydrogen-bond acceptors (Lipinski definition) is 6. The van der Waals surface area contributed by atoms with Gasteiger partial charge in [-0.05, 0) is 24.6 Å². The normalized spacial score (nSPS) is 11.4. The molecule has 0 saturated carbocycles. The number of nitrogens with two attached hydrogens (primary N) is 1. The number of ketones is 1. The molecule has 0 spiro atoms. The third-order valence-corrected chi connectivity index (χ3v) is 5.31. The molecule has 0 aliphatic heterocycles. The molecule has 9 heteroatoms. The first-order valence-corrected chi connectivity index (χ1v) is 8.49. The highest BCUT2D eigenvalue weighted by molar-refractivity contribution is 7.93. The number of nitrogens with zero attached hydrogens (tertiary/aromatic N) is 1. The molecule has 0 fully saturated rings. The Kier molecular flexibility index (Phi) is 4.22. The number of rotatable bonds is 4. The largest absolute Gasteiger partial charge is 0.398 e. The van der Waals surface area contributed by atoms with Gasteiger partial charge in [0.2, 0.25) is 0 Å². The van der Waals surface area contributed by atoms with Crippen LogP contribution in [0.5, 0.6) is 0 Å². The maximum absolute atomic E-state index is 12.4. The maximum Gasteiger partial charge on any atom is 0.264 e. The molecule has 21 heavy (non-hydrogen) atoms. The van der Waals surface area contributed by atoms with Crippen molar-refractivity contribution in [3.63, 3.8) is 0 Å². The number of halogens is 1. The molecule has 2 rings (SSSR count). The predicted molar refractivity (Wildman–Crippen MR) is 83.5 cm³/mol. The molecular formula is C12H12ClN3O3S2. The van der Waals surface area contributed by atoms with E-state index in [1.165, 1.54) is 24.4 Å². The standard InChI is InChI=1S/C12H12ClN3O3S2/c1-6-9(14)3-8(13)4-11(6)21(18,19)16-12-15-10(5-20-12)7(2)17/h3-5H,14H2,1-2H3,(H,15,16). The Morgan fingerprint density at radius 2 is 2.10 bits per heavy atom. The van der Waals surface area contributed by atoms with Crippen molar-refractivity contribution < 1.29 is 13.2 Å². The molecule has 112 valence electrons. The third-order valence-electron chi connectivity index (χ3n) is 2.74. The van der Waals surface area contributed by atoms with Crippen LogP contribution in [0, 0.1) is 6.92 Å². The Morgan fingerprint density at radius 3 is 2.67 bits per heavy atom. The molecule has 0 aliphatic rings. The number of nitrogens with one attached hydrogen (secondary N) is 1. The first-order chi connectivity index (χ1) is 9.70. The Hall–Kier alpha value is -1.64. The van der Waals surface area contributed by atoms with Crippen molar-refractivity contribution in [2.24, 2.45) is 0 Å². The van der Waals surface area contributed by atoms with Crippen LogP contribution in [0.1, 0.15) is 23.0 Å². The van der Waals surface area contributed by atoms with Crippen LogP contribution in [0.4, 0.5) is 10.8 Å². The van der Waals surface area contributed by atoms with Crippen molar-refractivity contribution in [1.82, 2.24) is 4.98 Å². The summed E-state index contributed by atoms with van der Waals surface area (Å²) in [4.78, 5) is 15.1. The summed E-state index contributed by atoms with van der Waals surface area (Å²) in [5.41, 5.74) is 6.61. The number of aromatic nitrogens is 1. The van der Waals surface area contributed by atoms with Gasteiger partial charge in [-0.25, -0.2) is 13.4 Å². The van der Waals surface area contributed by atoms with E-state index in [1.54, 1.807) is 6.92 Å². The highest BCUT2D eigenvalue weighted by Crippen LogP contribution is 2.28. The van der Waals surface area contributed by atoms with Crippen LogP contribution in [-0.4, -0.2) is 19.2 Å². The molecule has 0 amide bonds. The molecule has 0 unspecified atom stereocenters. The molecule has 3 N–H and O–H groups in total. The zero-order chi connectivity index (χ0) is 15.8. The van der Waals surface area contributed by atoms with Crippen LogP contribution in [0.3, 0.4) is 0 Å². The molecule has 0 radical (unpaired) electrons. The summed E-state index contributed by atoms with van der Waals surface area (Å²) >= 11 is 6.87. The van der Waals surface area contributed by atoms with E-state index in [9.17, 15) is 13.2 Å². The molecule has 0 atom stereocenters. The van der Waals surface area contributed by atoms with E-state index < -0.39 is 10.0 Å². The molecule has 1 heterocycles. The highest BCUT2D eigenvalue weighted by Gasteiger charge is 2.21. The van der Waals surface area contributed by atoms with E-state index in [2.05, 4.69) is 9.71 Å². The van der Waals surface area contributed by atoms with Crippen molar-refractivity contribution >= 4 is 49.6 Å². The van der Waals surface area contributed by atoms with E-state index in [-0.39, 0.29) is 32.2 Å². The lowest BCUT2D eigenvalue weighted by Crippen LogP contribution is -2.15. The fourth-order valence-electron chi connectivity index (χ4n) is 1.61. The SMILES string of the molecule is CC(=O)c1csc(NS(=O)(=O)c2cc(Cl)cc(N)c2C)n1. The third kappa shape index (κ3) is 3.34. The van der Waals surface area contributed by atoms with E-state index in [1.807, 2.05) is 0 Å². The van der Waals surface area contributed by atoms with E-state index in [0.717, 1.165) is 11.3 Å². The quantitative estimate of drug-likeness (QED) is 0.655. The van der Waals surface area contributed by atoms with E-state index >= 15 is 0 Å². The van der Waals surface area contributed by atoms with Gasteiger partial charge in [-0.15, -0.1) is 11.3 Å². The summed E-state index contributed by atoms with van der Waals surface area (Å²) in [6, 6.07) is 2.79. The zero-order valence-electron chi connectivity index (χ0n) is 11.2. The van der Waals surface area contributed by atoms with Crippen LogP contribution in [-0.2, 0) is 10.0 Å². The van der Waals surface area contributed by atoms with Crippen LogP contribution in [0.15, 0.2) is 22.4 Å². The Labute approximate surface area is 131 Å². The topological polar surface area (TPSA) is 102 Å². The van der Waals surface area contributed by atoms with Gasteiger partial charge in [0, 0.05) is 23.0 Å². The average Bonchev–Trinajstić information content (AvgIpc) is 2.81. The second-order valence-corrected chi connectivity index (χ2v) is 7.26. The maximum atomic E-state index is 12.4. The fraction of sp³-hybridized carbons (Fsp3) is 0.167. The number of anilines is 2. The summed E-state index contributed by atoms with van der Waals surface area (Å²) < 4.78 is 27.0. The summed E-state index contributed by atoms with van der Waals surface area (Å²) in [6.07, 6.45) is 0. The smallest absolute Gasteiger partial charge is 0.264 e. The molecular weight excluding hydrogens is 334 g/mol. The lowest BCUT2D eigenvalue weighted by atomic mass is 10.2. The van der Waals surface area contributed by atoms with Crippen molar-refractivity contribution in [1.29, 1.82) is 0 Å². The minimum atomic E-state index is -3.88. The number of thiazole rings is 1. The number of benzene rings is 1. The van der Waals surface area contributed by atoms with Gasteiger partial charge in [-0.2, -0.15) is 0 Å². The second-order valence-electron chi connectivity index (χ2n) is 4.32. The number of hydrogen-bond donors (Lipinski definition) is 2. The highest BCUT2D eigenvalue weighted by atomic mass is 35.5. The monoisotopic (exact) mass is 345 g/mol. The summed E-state index contributed by atoms with van der Waals surface area (Å²) in [7, 11) is -3.88. The van der Waals surface area contributed by atoms with Gasteiger partial charge in [-0.3, -0.25) is 9.52 Å². The van der Waals surface area contributed by atoms with Crippen LogP contribution in [0.25, 0.3) is 0 Å². The van der Waals surface area contributed by atoms with Gasteiger partial charge in [0.15, 0.2) is 10.9 Å². The molecule has 2 aromatic rings. The average molecular weight is 346 g/mol. The lowest BCUT2D eigenvalue weighted by Gasteiger charge is -2.10. The second kappa shape index (κ2) is 5.63. The van der Waals surface area contributed by atoms with Crippen LogP contribution < -0.4 is 10.5 Å². The van der Waals surface area contributed by atoms with Crippen LogP contribution in [0.2, 0.25) is 5.02 Å². The van der Waals surface area contributed by atoms with Gasteiger partial charge in [0.25, 0.3) is 10.0 Å². The zero-order valence-corrected chi connectivity index (χ0v) is 13.6. The van der Waals surface area contributed by atoms with E-state index in [0.29, 0.717) is 5.56 Å². The lowest BCUT2D eigenvalue weighted by molar-refractivity contribution is 0.101. The first kappa shape index (κ1) is 15.7. The fourth-order valence-corrected chi connectivity index (χ4v) is 4.20. The van der Waals surface area contributed by atoms with Gasteiger partial charge >= 0.3 is 0 Å². The number of carbonyl (C=O) groups excluding carboxylic acids is 1. The predicted octanol–water partition coefficient (Wildman–Crippen LogP) is 2.69.